The summed E-state index contributed by atoms with van der Waals surface area (Å²) in [5.41, 5.74) is 0.492. The van der Waals surface area contributed by atoms with Gasteiger partial charge in [-0.25, -0.2) is 13.2 Å². The summed E-state index contributed by atoms with van der Waals surface area (Å²) in [6.45, 7) is 1.39. The summed E-state index contributed by atoms with van der Waals surface area (Å²) in [5.74, 6) is -0.739. The van der Waals surface area contributed by atoms with Crippen molar-refractivity contribution in [2.45, 2.75) is 11.8 Å². The minimum atomic E-state index is -3.96. The smallest absolute Gasteiger partial charge is 0.341 e. The Balaban J connectivity index is 2.40. The first-order valence-corrected chi connectivity index (χ1v) is 9.15. The van der Waals surface area contributed by atoms with Crippen molar-refractivity contribution in [2.24, 2.45) is 0 Å². The average molecular weight is 398 g/mol. The number of Topliss-reactive ketones (excluding diaryl/α,β-unsaturated/α-hetero) is 1. The Morgan fingerprint density at radius 2 is 1.69 bits per heavy atom. The van der Waals surface area contributed by atoms with Gasteiger partial charge < -0.3 is 9.47 Å². The molecule has 0 heterocycles. The van der Waals surface area contributed by atoms with Gasteiger partial charge in [-0.1, -0.05) is 23.7 Å². The topological polar surface area (TPSA) is 98.8 Å². The average Bonchev–Trinajstić information content (AvgIpc) is 2.62. The molecule has 2 aromatic carbocycles. The second-order valence-electron chi connectivity index (χ2n) is 5.21. The Morgan fingerprint density at radius 3 is 2.19 bits per heavy atom. The van der Waals surface area contributed by atoms with Gasteiger partial charge >= 0.3 is 5.97 Å². The normalized spacial score (nSPS) is 10.9. The standard InChI is InChI=1S/C17H16ClNO6S/c1-10(20)11-4-6-12(7-5-11)26(22,23)19-15-9-16(24-2)13(8-14(15)18)17(21)25-3/h4-9,19H,1-3H3. The number of benzene rings is 2. The summed E-state index contributed by atoms with van der Waals surface area (Å²) in [4.78, 5) is 23.0. The van der Waals surface area contributed by atoms with Crippen LogP contribution in [-0.2, 0) is 14.8 Å². The lowest BCUT2D eigenvalue weighted by Crippen LogP contribution is -2.14. The molecule has 0 aromatic heterocycles. The van der Waals surface area contributed by atoms with E-state index in [0.29, 0.717) is 5.56 Å². The minimum Gasteiger partial charge on any atom is -0.496 e. The maximum atomic E-state index is 12.5. The van der Waals surface area contributed by atoms with E-state index in [-0.39, 0.29) is 32.7 Å². The maximum Gasteiger partial charge on any atom is 0.341 e. The van der Waals surface area contributed by atoms with Crippen molar-refractivity contribution in [1.82, 2.24) is 0 Å². The first-order chi connectivity index (χ1) is 12.2. The molecule has 0 radical (unpaired) electrons. The number of sulfonamides is 1. The van der Waals surface area contributed by atoms with Crippen molar-refractivity contribution in [1.29, 1.82) is 0 Å². The van der Waals surface area contributed by atoms with Crippen LogP contribution in [0.15, 0.2) is 41.3 Å². The molecule has 0 bridgehead atoms. The van der Waals surface area contributed by atoms with Crippen LogP contribution in [0.4, 0.5) is 5.69 Å². The van der Waals surface area contributed by atoms with Gasteiger partial charge in [0, 0.05) is 11.6 Å². The Kier molecular flexibility index (Phi) is 5.89. The highest BCUT2D eigenvalue weighted by atomic mass is 35.5. The lowest BCUT2D eigenvalue weighted by atomic mass is 10.2. The number of hydrogen-bond acceptors (Lipinski definition) is 6. The van der Waals surface area contributed by atoms with Gasteiger partial charge in [-0.3, -0.25) is 9.52 Å². The van der Waals surface area contributed by atoms with Gasteiger partial charge in [0.05, 0.1) is 29.8 Å². The first kappa shape index (κ1) is 19.7. The fraction of sp³-hybridized carbons (Fsp3) is 0.176. The molecule has 0 aliphatic carbocycles. The van der Waals surface area contributed by atoms with Crippen LogP contribution in [0.3, 0.4) is 0 Å². The van der Waals surface area contributed by atoms with Gasteiger partial charge in [-0.05, 0) is 25.1 Å². The second kappa shape index (κ2) is 7.76. The number of methoxy groups -OCH3 is 2. The zero-order valence-corrected chi connectivity index (χ0v) is 15.8. The fourth-order valence-corrected chi connectivity index (χ4v) is 3.48. The van der Waals surface area contributed by atoms with Crippen molar-refractivity contribution in [3.05, 3.63) is 52.5 Å². The van der Waals surface area contributed by atoms with Crippen LogP contribution in [0.25, 0.3) is 0 Å². The van der Waals surface area contributed by atoms with E-state index in [9.17, 15) is 18.0 Å². The molecule has 0 saturated heterocycles. The molecular weight excluding hydrogens is 382 g/mol. The van der Waals surface area contributed by atoms with Crippen LogP contribution in [-0.4, -0.2) is 34.4 Å². The van der Waals surface area contributed by atoms with E-state index >= 15 is 0 Å². The van der Waals surface area contributed by atoms with Gasteiger partial charge in [-0.2, -0.15) is 0 Å². The summed E-state index contributed by atoms with van der Waals surface area (Å²) in [6, 6.07) is 8.00. The van der Waals surface area contributed by atoms with Crippen LogP contribution in [0.2, 0.25) is 5.02 Å². The van der Waals surface area contributed by atoms with E-state index in [1.54, 1.807) is 0 Å². The van der Waals surface area contributed by atoms with Crippen molar-refractivity contribution in [3.8, 4) is 5.75 Å². The highest BCUT2D eigenvalue weighted by molar-refractivity contribution is 7.92. The maximum absolute atomic E-state index is 12.5. The number of anilines is 1. The van der Waals surface area contributed by atoms with Crippen molar-refractivity contribution in [2.75, 3.05) is 18.9 Å². The highest BCUT2D eigenvalue weighted by Gasteiger charge is 2.20. The van der Waals surface area contributed by atoms with Crippen LogP contribution >= 0.6 is 11.6 Å². The molecule has 0 saturated carbocycles. The number of halogens is 1. The summed E-state index contributed by atoms with van der Waals surface area (Å²) < 4.78 is 37.1. The predicted molar refractivity (Wildman–Crippen MR) is 96.6 cm³/mol. The lowest BCUT2D eigenvalue weighted by molar-refractivity contribution is 0.0597. The number of carbonyl (C=O) groups is 2. The van der Waals surface area contributed by atoms with Gasteiger partial charge in [0.25, 0.3) is 10.0 Å². The summed E-state index contributed by atoms with van der Waals surface area (Å²) in [6.07, 6.45) is 0. The molecule has 138 valence electrons. The van der Waals surface area contributed by atoms with Gasteiger partial charge in [0.1, 0.15) is 11.3 Å². The summed E-state index contributed by atoms with van der Waals surface area (Å²) in [5, 5.41) is -0.00451. The number of hydrogen-bond donors (Lipinski definition) is 1. The van der Waals surface area contributed by atoms with Crippen LogP contribution in [0.5, 0.6) is 5.75 Å². The van der Waals surface area contributed by atoms with E-state index < -0.39 is 16.0 Å². The molecule has 0 amide bonds. The van der Waals surface area contributed by atoms with Crippen molar-refractivity contribution < 1.29 is 27.5 Å². The van der Waals surface area contributed by atoms with Crippen LogP contribution < -0.4 is 9.46 Å². The number of ketones is 1. The quantitative estimate of drug-likeness (QED) is 0.593. The zero-order chi connectivity index (χ0) is 19.5. The van der Waals surface area contributed by atoms with Gasteiger partial charge in [-0.15, -0.1) is 0 Å². The Hall–Kier alpha value is -2.58. The number of ether oxygens (including phenoxy) is 2. The van der Waals surface area contributed by atoms with E-state index in [1.807, 2.05) is 0 Å². The monoisotopic (exact) mass is 397 g/mol. The number of nitrogens with one attached hydrogen (secondary N) is 1. The largest absolute Gasteiger partial charge is 0.496 e. The van der Waals surface area contributed by atoms with E-state index in [0.717, 1.165) is 0 Å². The van der Waals surface area contributed by atoms with Crippen LogP contribution in [0, 0.1) is 0 Å². The highest BCUT2D eigenvalue weighted by Crippen LogP contribution is 2.32. The third-order valence-corrected chi connectivity index (χ3v) is 5.20. The molecule has 1 N–H and O–H groups in total. The molecule has 2 rings (SSSR count). The second-order valence-corrected chi connectivity index (χ2v) is 7.30. The number of carbonyl (C=O) groups excluding carboxylic acids is 2. The number of esters is 1. The molecule has 0 aliphatic rings. The van der Waals surface area contributed by atoms with E-state index in [1.165, 1.54) is 57.5 Å². The SMILES string of the molecule is COC(=O)c1cc(Cl)c(NS(=O)(=O)c2ccc(C(C)=O)cc2)cc1OC. The Morgan fingerprint density at radius 1 is 1.08 bits per heavy atom. The lowest BCUT2D eigenvalue weighted by Gasteiger charge is -2.13. The van der Waals surface area contributed by atoms with Gasteiger partial charge in [0.15, 0.2) is 5.78 Å². The minimum absolute atomic E-state index is 0.00451. The Bertz CT molecular complexity index is 954. The van der Waals surface area contributed by atoms with Crippen molar-refractivity contribution >= 4 is 39.1 Å². The molecule has 0 atom stereocenters. The number of rotatable bonds is 6. The molecular formula is C17H16ClNO6S. The van der Waals surface area contributed by atoms with Gasteiger partial charge in [0.2, 0.25) is 0 Å². The van der Waals surface area contributed by atoms with E-state index in [4.69, 9.17) is 16.3 Å². The molecule has 2 aromatic rings. The summed E-state index contributed by atoms with van der Waals surface area (Å²) >= 11 is 6.08. The molecule has 26 heavy (non-hydrogen) atoms. The fourth-order valence-electron chi connectivity index (χ4n) is 2.14. The molecule has 0 unspecified atom stereocenters. The first-order valence-electron chi connectivity index (χ1n) is 7.29. The summed E-state index contributed by atoms with van der Waals surface area (Å²) in [7, 11) is -1.43. The zero-order valence-electron chi connectivity index (χ0n) is 14.2. The van der Waals surface area contributed by atoms with Crippen LogP contribution in [0.1, 0.15) is 27.6 Å². The predicted octanol–water partition coefficient (Wildman–Crippen LogP) is 3.14. The molecule has 7 nitrogen and oxygen atoms in total. The molecule has 0 aliphatic heterocycles. The molecule has 0 spiro atoms. The molecule has 0 fully saturated rings. The van der Waals surface area contributed by atoms with E-state index in [2.05, 4.69) is 9.46 Å². The van der Waals surface area contributed by atoms with Crippen molar-refractivity contribution in [3.63, 3.8) is 0 Å². The Labute approximate surface area is 155 Å². The molecule has 9 heteroatoms. The third-order valence-electron chi connectivity index (χ3n) is 3.51. The third kappa shape index (κ3) is 4.14.